The van der Waals surface area contributed by atoms with E-state index in [4.69, 9.17) is 18.9 Å². The minimum atomic E-state index is -1.64. The van der Waals surface area contributed by atoms with E-state index in [9.17, 15) is 19.5 Å². The molecule has 0 saturated heterocycles. The molecule has 0 radical (unpaired) electrons. The van der Waals surface area contributed by atoms with Crippen LogP contribution in [-0.2, 0) is 33.3 Å². The Morgan fingerprint density at radius 1 is 0.330 bits per heavy atom. The van der Waals surface area contributed by atoms with Gasteiger partial charge in [0.2, 0.25) is 0 Å². The molecule has 0 aliphatic rings. The minimum Gasteiger partial charge on any atom is -0.545 e. The van der Waals surface area contributed by atoms with Gasteiger partial charge in [0.15, 0.2) is 12.4 Å². The fraction of sp³-hybridized carbons (Fsp3) is 0.573. The molecule has 0 amide bonds. The van der Waals surface area contributed by atoms with Crippen LogP contribution < -0.4 is 5.11 Å². The average Bonchev–Trinajstić information content (AvgIpc) is 3.53. The number of carboxylic acids is 1. The molecule has 9 nitrogen and oxygen atoms in total. The monoisotopic (exact) mass is 1260 g/mol. The highest BCUT2D eigenvalue weighted by atomic mass is 16.7. The van der Waals surface area contributed by atoms with Gasteiger partial charge in [0.25, 0.3) is 0 Å². The van der Waals surface area contributed by atoms with Crippen molar-refractivity contribution >= 4 is 17.9 Å². The first-order valence-corrected chi connectivity index (χ1v) is 35.6. The van der Waals surface area contributed by atoms with Gasteiger partial charge in [-0.3, -0.25) is 9.59 Å². The number of ether oxygens (including phenoxy) is 4. The van der Waals surface area contributed by atoms with Crippen molar-refractivity contribution in [2.45, 2.75) is 257 Å². The van der Waals surface area contributed by atoms with E-state index in [1.165, 1.54) is 57.8 Å². The maximum Gasteiger partial charge on any atom is 0.306 e. The normalized spacial score (nSPS) is 13.9. The van der Waals surface area contributed by atoms with Crippen LogP contribution in [-0.4, -0.2) is 82.3 Å². The molecule has 0 heterocycles. The Kier molecular flexibility index (Phi) is 65.5. The van der Waals surface area contributed by atoms with Crippen LogP contribution in [0.4, 0.5) is 0 Å². The second-order valence-electron chi connectivity index (χ2n) is 24.1. The summed E-state index contributed by atoms with van der Waals surface area (Å²) in [5, 5.41) is 11.8. The lowest BCUT2D eigenvalue weighted by atomic mass is 10.0. The summed E-state index contributed by atoms with van der Waals surface area (Å²) in [6.07, 6.45) is 105. The Balaban J connectivity index is 4.25. The summed E-state index contributed by atoms with van der Waals surface area (Å²) in [6, 6.07) is 0. The highest BCUT2D eigenvalue weighted by Crippen LogP contribution is 2.15. The fourth-order valence-corrected chi connectivity index (χ4v) is 8.98. The van der Waals surface area contributed by atoms with E-state index in [0.29, 0.717) is 17.4 Å². The van der Waals surface area contributed by atoms with Crippen molar-refractivity contribution < 1.29 is 42.9 Å². The third kappa shape index (κ3) is 71.4. The molecular weight excluding hydrogens is 1130 g/mol. The SMILES string of the molecule is CC/C=C\C/C=C\C/C=C\C/C=C\C/C=C\C/C=C\C/C=C\C/C=C\C/C=C\C/C=C\C/C=C\C/C=C\CCCCCCC(=O)OC(COC(=O)CCCCCCCCCCCCCC/C=C\C/C=C\C/C=C\C/C=C\CC)COC(OCC[N+](C)(C)C)C(=O)[O-]. The number of unbranched alkanes of at least 4 members (excludes halogenated alkanes) is 16. The zero-order valence-corrected chi connectivity index (χ0v) is 58.1. The smallest absolute Gasteiger partial charge is 0.306 e. The van der Waals surface area contributed by atoms with Gasteiger partial charge in [-0.15, -0.1) is 0 Å². The number of quaternary nitrogens is 1. The van der Waals surface area contributed by atoms with E-state index in [-0.39, 0.29) is 38.6 Å². The second kappa shape index (κ2) is 70.0. The molecule has 91 heavy (non-hydrogen) atoms. The maximum atomic E-state index is 12.9. The average molecular weight is 1260 g/mol. The van der Waals surface area contributed by atoms with Crippen LogP contribution in [0.2, 0.25) is 0 Å². The maximum absolute atomic E-state index is 12.9. The number of carbonyl (C=O) groups excluding carboxylic acids is 3. The molecule has 0 aliphatic heterocycles. The number of hydrogen-bond donors (Lipinski definition) is 0. The summed E-state index contributed by atoms with van der Waals surface area (Å²) < 4.78 is 22.7. The molecule has 510 valence electrons. The van der Waals surface area contributed by atoms with Crippen LogP contribution >= 0.6 is 0 Å². The zero-order valence-electron chi connectivity index (χ0n) is 58.1. The predicted octanol–water partition coefficient (Wildman–Crippen LogP) is 21.2. The van der Waals surface area contributed by atoms with Gasteiger partial charge in [-0.2, -0.15) is 0 Å². The van der Waals surface area contributed by atoms with Crippen LogP contribution in [0.15, 0.2) is 194 Å². The Hall–Kier alpha value is -5.87. The number of likely N-dealkylation sites (N-methyl/N-ethyl adjacent to an activating group) is 1. The molecule has 0 aromatic rings. The number of rotatable bonds is 63. The molecule has 0 fully saturated rings. The molecule has 0 aromatic carbocycles. The molecule has 0 saturated carbocycles. The Morgan fingerprint density at radius 3 is 0.879 bits per heavy atom. The first kappa shape index (κ1) is 85.1. The van der Waals surface area contributed by atoms with Crippen molar-refractivity contribution in [2.75, 3.05) is 47.5 Å². The van der Waals surface area contributed by atoms with Gasteiger partial charge in [-0.05, 0) is 141 Å². The number of carbonyl (C=O) groups is 3. The summed E-state index contributed by atoms with van der Waals surface area (Å²) >= 11 is 0. The Labute approximate surface area is 557 Å². The van der Waals surface area contributed by atoms with Crippen LogP contribution in [0.3, 0.4) is 0 Å². The van der Waals surface area contributed by atoms with Gasteiger partial charge >= 0.3 is 11.9 Å². The summed E-state index contributed by atoms with van der Waals surface area (Å²) in [5.41, 5.74) is 0. The molecule has 0 spiro atoms. The largest absolute Gasteiger partial charge is 0.545 e. The van der Waals surface area contributed by atoms with E-state index < -0.39 is 24.3 Å². The lowest BCUT2D eigenvalue weighted by Crippen LogP contribution is -2.44. The van der Waals surface area contributed by atoms with Crippen molar-refractivity contribution in [1.82, 2.24) is 0 Å². The zero-order chi connectivity index (χ0) is 66.1. The van der Waals surface area contributed by atoms with Crippen molar-refractivity contribution in [3.8, 4) is 0 Å². The van der Waals surface area contributed by atoms with E-state index >= 15 is 0 Å². The van der Waals surface area contributed by atoms with Crippen LogP contribution in [0.25, 0.3) is 0 Å². The third-order valence-corrected chi connectivity index (χ3v) is 14.3. The molecule has 0 rings (SSSR count). The molecular formula is C82H129NO8. The van der Waals surface area contributed by atoms with Crippen molar-refractivity contribution in [1.29, 1.82) is 0 Å². The first-order chi connectivity index (χ1) is 44.6. The summed E-state index contributed by atoms with van der Waals surface area (Å²) in [5.74, 6) is -2.34. The summed E-state index contributed by atoms with van der Waals surface area (Å²) in [6.45, 7) is 4.47. The number of aliphatic carboxylic acids is 1. The van der Waals surface area contributed by atoms with Crippen LogP contribution in [0, 0.1) is 0 Å². The van der Waals surface area contributed by atoms with Gasteiger partial charge in [-0.25, -0.2) is 0 Å². The molecule has 0 bridgehead atoms. The second-order valence-corrected chi connectivity index (χ2v) is 24.1. The molecule has 0 N–H and O–H groups in total. The van der Waals surface area contributed by atoms with Crippen molar-refractivity contribution in [3.63, 3.8) is 0 Å². The van der Waals surface area contributed by atoms with Gasteiger partial charge < -0.3 is 33.3 Å². The highest BCUT2D eigenvalue weighted by molar-refractivity contribution is 5.70. The van der Waals surface area contributed by atoms with E-state index in [1.807, 2.05) is 21.1 Å². The van der Waals surface area contributed by atoms with Gasteiger partial charge in [0, 0.05) is 12.8 Å². The number of nitrogens with zero attached hydrogens (tertiary/aromatic N) is 1. The quantitative estimate of drug-likeness (QED) is 0.0195. The molecule has 0 aromatic heterocycles. The topological polar surface area (TPSA) is 111 Å². The molecule has 2 atom stereocenters. The first-order valence-electron chi connectivity index (χ1n) is 35.6. The highest BCUT2D eigenvalue weighted by Gasteiger charge is 2.22. The number of allylic oxidation sites excluding steroid dienone is 32. The van der Waals surface area contributed by atoms with E-state index in [2.05, 4.69) is 208 Å². The van der Waals surface area contributed by atoms with E-state index in [0.717, 1.165) is 154 Å². The number of carboxylic acid groups (broad SMARTS) is 1. The van der Waals surface area contributed by atoms with Gasteiger partial charge in [0.1, 0.15) is 13.2 Å². The minimum absolute atomic E-state index is 0.132. The Bertz CT molecular complexity index is 2200. The molecule has 0 aliphatic carbocycles. The number of hydrogen-bond acceptors (Lipinski definition) is 8. The molecule has 9 heteroatoms. The van der Waals surface area contributed by atoms with Gasteiger partial charge in [0.05, 0.1) is 40.3 Å². The van der Waals surface area contributed by atoms with Gasteiger partial charge in [-0.1, -0.05) is 285 Å². The number of esters is 2. The van der Waals surface area contributed by atoms with E-state index in [1.54, 1.807) is 0 Å². The summed E-state index contributed by atoms with van der Waals surface area (Å²) in [4.78, 5) is 37.5. The predicted molar refractivity (Wildman–Crippen MR) is 388 cm³/mol. The summed E-state index contributed by atoms with van der Waals surface area (Å²) in [7, 11) is 5.91. The lowest BCUT2D eigenvalue weighted by molar-refractivity contribution is -0.870. The van der Waals surface area contributed by atoms with Crippen LogP contribution in [0.1, 0.15) is 245 Å². The Morgan fingerprint density at radius 2 is 0.593 bits per heavy atom. The lowest BCUT2D eigenvalue weighted by Gasteiger charge is -2.26. The third-order valence-electron chi connectivity index (χ3n) is 14.3. The standard InChI is InChI=1S/C82H129NO8/c1-6-8-10-12-14-16-18-20-22-24-26-28-30-32-33-34-35-36-37-38-39-40-41-42-43-44-45-46-47-49-51-53-55-57-59-61-63-65-67-69-71-73-80(85)91-78(77-90-82(81(86)87)88-75-74-83(3,4)5)76-89-79(84)72-70-68-66-64-62-60-58-56-54-52-50-48-31-29-27-25-23-21-19-17-15-13-11-9-7-2/h8-11,14-17,20-23,26-29,32-33,35-36,38-39,41-42,44-45,47,49,53,55,59,61,78,82H,6-7,12-13,18-19,24-25,30-31,34,37,40,43,46,48,50-52,54,56-58,60,62-77H2,1-5H3/b10-8-,11-9-,16-14-,17-15-,22-20-,23-21-,28-26-,29-27-,33-32-,36-35-,39-38-,42-41-,45-44-,49-47-,55-53-,61-59-. The van der Waals surface area contributed by atoms with Crippen molar-refractivity contribution in [2.24, 2.45) is 0 Å². The molecule has 2 unspecified atom stereocenters. The van der Waals surface area contributed by atoms with Crippen LogP contribution in [0.5, 0.6) is 0 Å². The fourth-order valence-electron chi connectivity index (χ4n) is 8.98. The van der Waals surface area contributed by atoms with Crippen molar-refractivity contribution in [3.05, 3.63) is 194 Å².